The van der Waals surface area contributed by atoms with Gasteiger partial charge in [-0.15, -0.1) is 0 Å². The highest BCUT2D eigenvalue weighted by molar-refractivity contribution is 6.33. The summed E-state index contributed by atoms with van der Waals surface area (Å²) in [5.74, 6) is -2.64. The Morgan fingerprint density at radius 1 is 0.342 bits per heavy atom. The zero-order valence-corrected chi connectivity index (χ0v) is 38.4. The first-order valence-electron chi connectivity index (χ1n) is 23.0. The van der Waals surface area contributed by atoms with E-state index >= 15 is 0 Å². The van der Waals surface area contributed by atoms with E-state index in [4.69, 9.17) is 0 Å². The average Bonchev–Trinajstić information content (AvgIpc) is 3.43. The lowest BCUT2D eigenvalue weighted by Gasteiger charge is -2.21. The van der Waals surface area contributed by atoms with Crippen LogP contribution in [0, 0.1) is 0 Å². The number of fused-ring (bicyclic) bond motifs is 4. The van der Waals surface area contributed by atoms with Crippen molar-refractivity contribution in [1.82, 2.24) is 0 Å². The molecular weight excluding hydrogens is 915 g/mol. The summed E-state index contributed by atoms with van der Waals surface area (Å²) in [5.41, 5.74) is 8.09. The summed E-state index contributed by atoms with van der Waals surface area (Å²) in [6, 6.07) is 58.7. The summed E-state index contributed by atoms with van der Waals surface area (Å²) >= 11 is 0. The van der Waals surface area contributed by atoms with Crippen molar-refractivity contribution in [2.75, 3.05) is 10.6 Å². The van der Waals surface area contributed by atoms with E-state index in [1.54, 1.807) is 121 Å². The standard InChI is InChI=1S/C61H37N5O7/c67-55-44-11-4-5-12-45(44)56(68)52-46(55)13-6-16-49(52)63-60(72)40-23-19-35(20-24-40)37-27-31-42(32-28-37)65-66-43-33-29-38(30-34-43)36-21-25-41(26-22-36)61(73)64-51-18-8-15-48-54(51)58(70)47-14-7-17-50(53(47)57(48)69)62-59(71)39-9-2-1-3-10-39/h1-34H,(H,62,71)(H,63,72)(H,64,73). The van der Waals surface area contributed by atoms with Crippen molar-refractivity contribution in [3.05, 3.63) is 267 Å². The maximum Gasteiger partial charge on any atom is 0.255 e. The Labute approximate surface area is 417 Å². The van der Waals surface area contributed by atoms with Crippen LogP contribution in [0.5, 0.6) is 0 Å². The minimum atomic E-state index is -0.464. The maximum atomic E-state index is 14.0. The molecule has 0 atom stereocenters. The van der Waals surface area contributed by atoms with Gasteiger partial charge in [0.25, 0.3) is 11.8 Å². The van der Waals surface area contributed by atoms with Gasteiger partial charge in [-0.25, -0.2) is 4.99 Å². The summed E-state index contributed by atoms with van der Waals surface area (Å²) in [6.45, 7) is 0. The summed E-state index contributed by atoms with van der Waals surface area (Å²) in [4.78, 5) is 85.7. The van der Waals surface area contributed by atoms with E-state index in [0.717, 1.165) is 22.3 Å². The molecule has 9 aromatic rings. The molecule has 2 aliphatic rings. The van der Waals surface area contributed by atoms with Crippen LogP contribution in [0.15, 0.2) is 221 Å². The van der Waals surface area contributed by atoms with E-state index in [1.165, 1.54) is 12.1 Å². The highest BCUT2D eigenvalue weighted by atomic mass is 16.3. The molecule has 0 saturated carbocycles. The smallest absolute Gasteiger partial charge is 0.255 e. The SMILES string of the molecule is O=C(Nc1cccc2c1C(=O)c1ccccc1C2=O)c1ccc(-c2ccc(N=Nc3ccc(-c4ccc(C(=O)Nc5cccc6c5C(=O)c5cccc(N=C(O)c7ccccc7)c5C6=O)cc4)cc3)cc2)cc1. The van der Waals surface area contributed by atoms with Gasteiger partial charge in [0, 0.05) is 44.5 Å². The third kappa shape index (κ3) is 8.61. The van der Waals surface area contributed by atoms with Gasteiger partial charge in [-0.2, -0.15) is 10.2 Å². The summed E-state index contributed by atoms with van der Waals surface area (Å²) in [7, 11) is 0. The molecule has 0 unspecified atom stereocenters. The largest absolute Gasteiger partial charge is 0.493 e. The first-order chi connectivity index (χ1) is 35.6. The fraction of sp³-hybridized carbons (Fsp3) is 0. The third-order valence-electron chi connectivity index (χ3n) is 12.7. The molecule has 12 heteroatoms. The van der Waals surface area contributed by atoms with E-state index in [0.29, 0.717) is 39.2 Å². The van der Waals surface area contributed by atoms with Crippen LogP contribution in [0.4, 0.5) is 28.4 Å². The number of hydrogen-bond acceptors (Lipinski definition) is 9. The van der Waals surface area contributed by atoms with Crippen molar-refractivity contribution in [2.24, 2.45) is 15.2 Å². The average molecular weight is 952 g/mol. The molecule has 0 aliphatic heterocycles. The van der Waals surface area contributed by atoms with Gasteiger partial charge in [-0.1, -0.05) is 127 Å². The monoisotopic (exact) mass is 951 g/mol. The number of rotatable bonds is 10. The van der Waals surface area contributed by atoms with Gasteiger partial charge in [0.05, 0.1) is 45.1 Å². The Hall–Kier alpha value is -10.3. The Kier molecular flexibility index (Phi) is 11.7. The van der Waals surface area contributed by atoms with E-state index in [2.05, 4.69) is 25.9 Å². The van der Waals surface area contributed by atoms with Gasteiger partial charge in [-0.05, 0) is 101 Å². The van der Waals surface area contributed by atoms with Crippen LogP contribution < -0.4 is 10.6 Å². The number of carbonyl (C=O) groups excluding carboxylic acids is 6. The van der Waals surface area contributed by atoms with Crippen molar-refractivity contribution < 1.29 is 33.9 Å². The summed E-state index contributed by atoms with van der Waals surface area (Å²) < 4.78 is 0. The maximum absolute atomic E-state index is 14.0. The van der Waals surface area contributed by atoms with Crippen LogP contribution >= 0.6 is 0 Å². The van der Waals surface area contributed by atoms with Crippen LogP contribution in [-0.2, 0) is 0 Å². The molecular formula is C61H37N5O7. The van der Waals surface area contributed by atoms with Crippen molar-refractivity contribution in [3.63, 3.8) is 0 Å². The zero-order valence-electron chi connectivity index (χ0n) is 38.4. The van der Waals surface area contributed by atoms with Crippen LogP contribution in [-0.4, -0.2) is 46.0 Å². The number of carbonyl (C=O) groups is 6. The Bertz CT molecular complexity index is 3830. The van der Waals surface area contributed by atoms with E-state index in [9.17, 15) is 33.9 Å². The minimum Gasteiger partial charge on any atom is -0.493 e. The van der Waals surface area contributed by atoms with Gasteiger partial charge >= 0.3 is 0 Å². The van der Waals surface area contributed by atoms with Gasteiger partial charge < -0.3 is 15.7 Å². The lowest BCUT2D eigenvalue weighted by atomic mass is 9.82. The van der Waals surface area contributed by atoms with Crippen molar-refractivity contribution in [2.45, 2.75) is 0 Å². The van der Waals surface area contributed by atoms with Crippen molar-refractivity contribution >= 4 is 69.3 Å². The van der Waals surface area contributed by atoms with Crippen LogP contribution in [0.2, 0.25) is 0 Å². The second kappa shape index (κ2) is 18.9. The Morgan fingerprint density at radius 3 is 1.21 bits per heavy atom. The number of nitrogens with one attached hydrogen (secondary N) is 2. The number of ketones is 4. The van der Waals surface area contributed by atoms with Gasteiger partial charge in [0.15, 0.2) is 23.1 Å². The number of aliphatic hydroxyl groups excluding tert-OH is 1. The topological polar surface area (TPSA) is 184 Å². The lowest BCUT2D eigenvalue weighted by molar-refractivity contribution is 0.0978. The molecule has 0 fully saturated rings. The molecule has 2 amide bonds. The van der Waals surface area contributed by atoms with Crippen LogP contribution in [0.25, 0.3) is 22.3 Å². The minimum absolute atomic E-state index is 0.0776. The predicted octanol–water partition coefficient (Wildman–Crippen LogP) is 13.1. The molecule has 0 heterocycles. The lowest BCUT2D eigenvalue weighted by Crippen LogP contribution is -2.24. The molecule has 0 saturated heterocycles. The molecule has 0 aromatic heterocycles. The number of aliphatic imine (C=N–C) groups is 1. The van der Waals surface area contributed by atoms with E-state index in [1.807, 2.05) is 72.8 Å². The molecule has 2 aliphatic carbocycles. The van der Waals surface area contributed by atoms with Gasteiger partial charge in [-0.3, -0.25) is 28.8 Å². The number of anilines is 2. The number of azo groups is 1. The highest BCUT2D eigenvalue weighted by Crippen LogP contribution is 2.38. The quantitative estimate of drug-likeness (QED) is 0.0692. The van der Waals surface area contributed by atoms with Crippen molar-refractivity contribution in [3.8, 4) is 22.3 Å². The first kappa shape index (κ1) is 45.1. The number of aliphatic hydroxyl groups is 1. The van der Waals surface area contributed by atoms with Crippen LogP contribution in [0.1, 0.15) is 90.0 Å². The second-order valence-corrected chi connectivity index (χ2v) is 17.2. The van der Waals surface area contributed by atoms with Gasteiger partial charge in [0.2, 0.25) is 5.90 Å². The number of hydrogen-bond donors (Lipinski definition) is 3. The first-order valence-corrected chi connectivity index (χ1v) is 23.0. The number of benzene rings is 9. The number of amides is 2. The van der Waals surface area contributed by atoms with E-state index < -0.39 is 23.4 Å². The normalized spacial score (nSPS) is 12.7. The Morgan fingerprint density at radius 2 is 0.712 bits per heavy atom. The third-order valence-corrected chi connectivity index (χ3v) is 12.7. The molecule has 12 nitrogen and oxygen atoms in total. The zero-order chi connectivity index (χ0) is 50.2. The molecule has 348 valence electrons. The molecule has 0 spiro atoms. The fourth-order valence-corrected chi connectivity index (χ4v) is 9.01. The van der Waals surface area contributed by atoms with Gasteiger partial charge in [0.1, 0.15) is 0 Å². The molecule has 73 heavy (non-hydrogen) atoms. The second-order valence-electron chi connectivity index (χ2n) is 17.2. The van der Waals surface area contributed by atoms with E-state index in [-0.39, 0.29) is 67.9 Å². The number of nitrogens with zero attached hydrogens (tertiary/aromatic N) is 3. The summed E-state index contributed by atoms with van der Waals surface area (Å²) in [5, 5.41) is 25.2. The van der Waals surface area contributed by atoms with Crippen molar-refractivity contribution in [1.29, 1.82) is 0 Å². The summed E-state index contributed by atoms with van der Waals surface area (Å²) in [6.07, 6.45) is 0. The fourth-order valence-electron chi connectivity index (χ4n) is 9.01. The predicted molar refractivity (Wildman–Crippen MR) is 279 cm³/mol. The molecule has 3 N–H and O–H groups in total. The highest BCUT2D eigenvalue weighted by Gasteiger charge is 2.35. The Balaban J connectivity index is 0.710. The molecule has 0 bridgehead atoms. The molecule has 11 rings (SSSR count). The van der Waals surface area contributed by atoms with Crippen LogP contribution in [0.3, 0.4) is 0 Å². The molecule has 9 aromatic carbocycles. The molecule has 0 radical (unpaired) electrons.